The van der Waals surface area contributed by atoms with E-state index in [1.54, 1.807) is 7.11 Å². The number of carboxylic acid groups (broad SMARTS) is 1. The molecule has 1 N–H and O–H groups in total. The van der Waals surface area contributed by atoms with E-state index in [9.17, 15) is 4.79 Å². The molecule has 0 radical (unpaired) electrons. The van der Waals surface area contributed by atoms with Crippen LogP contribution in [0.4, 0.5) is 5.69 Å². The van der Waals surface area contributed by atoms with Crippen molar-refractivity contribution in [3.05, 3.63) is 22.8 Å². The summed E-state index contributed by atoms with van der Waals surface area (Å²) in [6, 6.07) is 1.99. The molecule has 0 fully saturated rings. The molecule has 4 heteroatoms. The van der Waals surface area contributed by atoms with Gasteiger partial charge in [0.2, 0.25) is 0 Å². The van der Waals surface area contributed by atoms with Crippen molar-refractivity contribution in [3.8, 4) is 5.75 Å². The van der Waals surface area contributed by atoms with E-state index < -0.39 is 5.97 Å². The zero-order chi connectivity index (χ0) is 13.9. The van der Waals surface area contributed by atoms with Crippen molar-refractivity contribution in [1.82, 2.24) is 0 Å². The molecule has 0 amide bonds. The molecule has 18 heavy (non-hydrogen) atoms. The molecule has 0 heterocycles. The number of benzene rings is 1. The smallest absolute Gasteiger partial charge is 0.305 e. The lowest BCUT2D eigenvalue weighted by molar-refractivity contribution is -0.136. The molecule has 0 aromatic heterocycles. The van der Waals surface area contributed by atoms with Crippen LogP contribution in [0.15, 0.2) is 6.07 Å². The second-order valence-electron chi connectivity index (χ2n) is 4.56. The van der Waals surface area contributed by atoms with Crippen LogP contribution in [0.5, 0.6) is 5.75 Å². The SMILES string of the molecule is COc1cc(C)c(N(C)CCC(=O)O)c(C)c1C. The minimum Gasteiger partial charge on any atom is -0.496 e. The highest BCUT2D eigenvalue weighted by molar-refractivity contribution is 5.69. The Morgan fingerprint density at radius 3 is 2.44 bits per heavy atom. The summed E-state index contributed by atoms with van der Waals surface area (Å²) in [6.45, 7) is 6.57. The van der Waals surface area contributed by atoms with Crippen LogP contribution >= 0.6 is 0 Å². The van der Waals surface area contributed by atoms with Crippen LogP contribution in [0.3, 0.4) is 0 Å². The molecule has 0 aliphatic heterocycles. The van der Waals surface area contributed by atoms with Crippen molar-refractivity contribution in [2.75, 3.05) is 25.6 Å². The fourth-order valence-corrected chi connectivity index (χ4v) is 2.21. The number of carbonyl (C=O) groups is 1. The van der Waals surface area contributed by atoms with E-state index in [1.165, 1.54) is 0 Å². The summed E-state index contributed by atoms with van der Waals surface area (Å²) in [4.78, 5) is 12.6. The Kier molecular flexibility index (Phi) is 4.59. The second-order valence-corrected chi connectivity index (χ2v) is 4.56. The zero-order valence-electron chi connectivity index (χ0n) is 11.7. The van der Waals surface area contributed by atoms with Gasteiger partial charge in [-0.2, -0.15) is 0 Å². The lowest BCUT2D eigenvalue weighted by Crippen LogP contribution is -2.23. The molecular weight excluding hydrogens is 230 g/mol. The first-order valence-electron chi connectivity index (χ1n) is 5.96. The monoisotopic (exact) mass is 251 g/mol. The van der Waals surface area contributed by atoms with Gasteiger partial charge in [0, 0.05) is 19.3 Å². The van der Waals surface area contributed by atoms with E-state index in [1.807, 2.05) is 38.8 Å². The van der Waals surface area contributed by atoms with Crippen LogP contribution in [0.1, 0.15) is 23.1 Å². The highest BCUT2D eigenvalue weighted by Crippen LogP contribution is 2.33. The molecule has 1 aromatic carbocycles. The molecule has 4 nitrogen and oxygen atoms in total. The fourth-order valence-electron chi connectivity index (χ4n) is 2.21. The summed E-state index contributed by atoms with van der Waals surface area (Å²) in [5.74, 6) is 0.0998. The number of hydrogen-bond donors (Lipinski definition) is 1. The van der Waals surface area contributed by atoms with Crippen LogP contribution < -0.4 is 9.64 Å². The average Bonchev–Trinajstić information content (AvgIpc) is 2.31. The molecule has 0 bridgehead atoms. The minimum atomic E-state index is -0.776. The number of nitrogens with zero attached hydrogens (tertiary/aromatic N) is 1. The Hall–Kier alpha value is -1.71. The maximum absolute atomic E-state index is 10.6. The van der Waals surface area contributed by atoms with Crippen molar-refractivity contribution < 1.29 is 14.6 Å². The molecule has 0 spiro atoms. The molecule has 0 saturated carbocycles. The zero-order valence-corrected chi connectivity index (χ0v) is 11.7. The third-order valence-corrected chi connectivity index (χ3v) is 3.27. The van der Waals surface area contributed by atoms with Crippen molar-refractivity contribution >= 4 is 11.7 Å². The highest BCUT2D eigenvalue weighted by Gasteiger charge is 2.14. The molecule has 0 unspecified atom stereocenters. The van der Waals surface area contributed by atoms with Gasteiger partial charge in [0.1, 0.15) is 5.75 Å². The maximum Gasteiger partial charge on any atom is 0.305 e. The van der Waals surface area contributed by atoms with E-state index in [2.05, 4.69) is 0 Å². The summed E-state index contributed by atoms with van der Waals surface area (Å²) in [5.41, 5.74) is 4.43. The number of aryl methyl sites for hydroxylation is 1. The van der Waals surface area contributed by atoms with Gasteiger partial charge in [-0.15, -0.1) is 0 Å². The molecule has 0 saturated heterocycles. The van der Waals surface area contributed by atoms with Gasteiger partial charge in [-0.25, -0.2) is 0 Å². The third kappa shape index (κ3) is 2.94. The second kappa shape index (κ2) is 5.76. The van der Waals surface area contributed by atoms with E-state index in [-0.39, 0.29) is 6.42 Å². The molecule has 100 valence electrons. The Balaban J connectivity index is 3.09. The summed E-state index contributed by atoms with van der Waals surface area (Å²) < 4.78 is 5.33. The quantitative estimate of drug-likeness (QED) is 0.873. The first-order chi connectivity index (χ1) is 8.38. The summed E-state index contributed by atoms with van der Waals surface area (Å²) >= 11 is 0. The van der Waals surface area contributed by atoms with Crippen LogP contribution in [-0.2, 0) is 4.79 Å². The minimum absolute atomic E-state index is 0.139. The van der Waals surface area contributed by atoms with E-state index in [4.69, 9.17) is 9.84 Å². The van der Waals surface area contributed by atoms with Gasteiger partial charge in [-0.3, -0.25) is 4.79 Å². The van der Waals surface area contributed by atoms with Gasteiger partial charge in [0.05, 0.1) is 13.5 Å². The Labute approximate surface area is 108 Å². The van der Waals surface area contributed by atoms with Gasteiger partial charge in [0.25, 0.3) is 0 Å². The van der Waals surface area contributed by atoms with Gasteiger partial charge < -0.3 is 14.7 Å². The third-order valence-electron chi connectivity index (χ3n) is 3.27. The number of aliphatic carboxylic acids is 1. The van der Waals surface area contributed by atoms with Crippen molar-refractivity contribution in [2.45, 2.75) is 27.2 Å². The highest BCUT2D eigenvalue weighted by atomic mass is 16.5. The van der Waals surface area contributed by atoms with Crippen LogP contribution in [0.25, 0.3) is 0 Å². The largest absolute Gasteiger partial charge is 0.496 e. The van der Waals surface area contributed by atoms with E-state index >= 15 is 0 Å². The number of anilines is 1. The number of methoxy groups -OCH3 is 1. The van der Waals surface area contributed by atoms with Crippen molar-refractivity contribution in [3.63, 3.8) is 0 Å². The van der Waals surface area contributed by atoms with Crippen molar-refractivity contribution in [2.24, 2.45) is 0 Å². The van der Waals surface area contributed by atoms with Gasteiger partial charge in [0.15, 0.2) is 0 Å². The number of ether oxygens (including phenoxy) is 1. The lowest BCUT2D eigenvalue weighted by Gasteiger charge is -2.25. The average molecular weight is 251 g/mol. The van der Waals surface area contributed by atoms with E-state index in [0.29, 0.717) is 6.54 Å². The normalized spacial score (nSPS) is 10.3. The standard InChI is InChI=1S/C14H21NO3/c1-9-8-12(18-5)10(2)11(3)14(9)15(4)7-6-13(16)17/h8H,6-7H2,1-5H3,(H,16,17). The predicted molar refractivity (Wildman–Crippen MR) is 72.7 cm³/mol. The molecule has 0 atom stereocenters. The van der Waals surface area contributed by atoms with Crippen molar-refractivity contribution in [1.29, 1.82) is 0 Å². The summed E-state index contributed by atoms with van der Waals surface area (Å²) in [6.07, 6.45) is 0.139. The molecule has 1 rings (SSSR count). The first kappa shape index (κ1) is 14.4. The number of rotatable bonds is 5. The molecule has 0 aliphatic rings. The molecular formula is C14H21NO3. The van der Waals surface area contributed by atoms with Crippen LogP contribution in [-0.4, -0.2) is 31.8 Å². The maximum atomic E-state index is 10.6. The first-order valence-corrected chi connectivity index (χ1v) is 5.96. The Morgan fingerprint density at radius 2 is 1.94 bits per heavy atom. The van der Waals surface area contributed by atoms with Gasteiger partial charge >= 0.3 is 5.97 Å². The van der Waals surface area contributed by atoms with Gasteiger partial charge in [-0.1, -0.05) is 0 Å². The fraction of sp³-hybridized carbons (Fsp3) is 0.500. The number of carboxylic acids is 1. The Bertz CT molecular complexity index is 455. The van der Waals surface area contributed by atoms with Crippen LogP contribution in [0, 0.1) is 20.8 Å². The molecule has 0 aliphatic carbocycles. The Morgan fingerprint density at radius 1 is 1.33 bits per heavy atom. The topological polar surface area (TPSA) is 49.8 Å². The number of hydrogen-bond acceptors (Lipinski definition) is 3. The summed E-state index contributed by atoms with van der Waals surface area (Å²) in [5, 5.41) is 8.74. The lowest BCUT2D eigenvalue weighted by atomic mass is 10.0. The summed E-state index contributed by atoms with van der Waals surface area (Å²) in [7, 11) is 3.58. The van der Waals surface area contributed by atoms with Crippen LogP contribution in [0.2, 0.25) is 0 Å². The van der Waals surface area contributed by atoms with E-state index in [0.717, 1.165) is 28.1 Å². The predicted octanol–water partition coefficient (Wildman–Crippen LogP) is 2.53. The molecule has 1 aromatic rings. The van der Waals surface area contributed by atoms with Gasteiger partial charge in [-0.05, 0) is 43.5 Å².